The first-order valence-corrected chi connectivity index (χ1v) is 14.6. The minimum Gasteiger partial charge on any atom is -0.354 e. The average Bonchev–Trinajstić information content (AvgIpc) is 2.80. The van der Waals surface area contributed by atoms with E-state index in [-0.39, 0.29) is 31.3 Å². The highest BCUT2D eigenvalue weighted by atomic mass is 79.9. The van der Waals surface area contributed by atoms with E-state index in [1.54, 1.807) is 36.1 Å². The smallest absolute Gasteiger partial charge is 0.242 e. The summed E-state index contributed by atoms with van der Waals surface area (Å²) < 4.78 is 26.9. The van der Waals surface area contributed by atoms with Gasteiger partial charge in [-0.1, -0.05) is 59.1 Å². The van der Waals surface area contributed by atoms with Gasteiger partial charge in [-0.2, -0.15) is 0 Å². The average molecular weight is 587 g/mol. The Morgan fingerprint density at radius 2 is 1.80 bits per heavy atom. The van der Waals surface area contributed by atoms with E-state index in [0.29, 0.717) is 23.7 Å². The highest BCUT2D eigenvalue weighted by Crippen LogP contribution is 2.23. The molecule has 10 heteroatoms. The van der Waals surface area contributed by atoms with Crippen LogP contribution in [0.4, 0.5) is 5.69 Å². The number of hydrogen-bond donors (Lipinski definition) is 1. The van der Waals surface area contributed by atoms with Crippen molar-refractivity contribution in [3.63, 3.8) is 0 Å². The predicted molar refractivity (Wildman–Crippen MR) is 145 cm³/mol. The molecule has 0 aromatic heterocycles. The number of rotatable bonds is 13. The zero-order chi connectivity index (χ0) is 26.0. The third-order valence-electron chi connectivity index (χ3n) is 5.51. The molecule has 0 spiro atoms. The Kier molecular flexibility index (Phi) is 11.5. The van der Waals surface area contributed by atoms with Crippen LogP contribution >= 0.6 is 27.5 Å². The Morgan fingerprint density at radius 1 is 1.11 bits per heavy atom. The van der Waals surface area contributed by atoms with Gasteiger partial charge in [0, 0.05) is 35.6 Å². The predicted octanol–water partition coefficient (Wildman–Crippen LogP) is 4.98. The molecule has 0 aliphatic rings. The third kappa shape index (κ3) is 9.46. The molecule has 0 saturated carbocycles. The number of unbranched alkanes of at least 4 members (excludes halogenated alkanes) is 1. The normalized spacial score (nSPS) is 12.1. The molecule has 0 aliphatic heterocycles. The summed E-state index contributed by atoms with van der Waals surface area (Å²) in [5.41, 5.74) is 1.34. The molecule has 35 heavy (non-hydrogen) atoms. The first-order valence-electron chi connectivity index (χ1n) is 11.6. The summed E-state index contributed by atoms with van der Waals surface area (Å²) in [5, 5.41) is 3.32. The van der Waals surface area contributed by atoms with E-state index in [4.69, 9.17) is 11.6 Å². The van der Waals surface area contributed by atoms with E-state index in [0.717, 1.165) is 29.1 Å². The van der Waals surface area contributed by atoms with Gasteiger partial charge >= 0.3 is 0 Å². The Bertz CT molecular complexity index is 1100. The maximum absolute atomic E-state index is 13.3. The van der Waals surface area contributed by atoms with Crippen LogP contribution in [-0.2, 0) is 26.2 Å². The molecule has 7 nitrogen and oxygen atoms in total. The van der Waals surface area contributed by atoms with E-state index in [2.05, 4.69) is 21.2 Å². The molecular formula is C25H33BrClN3O4S. The Balaban J connectivity index is 2.13. The maximum Gasteiger partial charge on any atom is 0.242 e. The van der Waals surface area contributed by atoms with Crippen LogP contribution in [0.2, 0.25) is 5.02 Å². The van der Waals surface area contributed by atoms with Crippen LogP contribution in [0.15, 0.2) is 53.0 Å². The van der Waals surface area contributed by atoms with Crippen LogP contribution in [0, 0.1) is 0 Å². The van der Waals surface area contributed by atoms with Crippen LogP contribution in [-0.4, -0.2) is 50.5 Å². The molecule has 0 aliphatic carbocycles. The zero-order valence-corrected chi connectivity index (χ0v) is 23.5. The van der Waals surface area contributed by atoms with Crippen molar-refractivity contribution in [2.24, 2.45) is 0 Å². The molecular weight excluding hydrogens is 554 g/mol. The number of nitrogens with zero attached hydrogens (tertiary/aromatic N) is 2. The molecule has 0 heterocycles. The number of anilines is 1. The maximum atomic E-state index is 13.3. The van der Waals surface area contributed by atoms with Gasteiger partial charge in [0.05, 0.1) is 11.9 Å². The number of sulfonamides is 1. The van der Waals surface area contributed by atoms with Crippen molar-refractivity contribution in [1.82, 2.24) is 10.2 Å². The fraction of sp³-hybridized carbons (Fsp3) is 0.440. The molecule has 0 saturated heterocycles. The molecule has 2 rings (SSSR count). The number of nitrogens with one attached hydrogen (secondary N) is 1. The topological polar surface area (TPSA) is 86.8 Å². The van der Waals surface area contributed by atoms with Gasteiger partial charge in [0.2, 0.25) is 21.8 Å². The fourth-order valence-corrected chi connectivity index (χ4v) is 4.95. The molecule has 1 N–H and O–H groups in total. The summed E-state index contributed by atoms with van der Waals surface area (Å²) >= 11 is 9.45. The number of amides is 2. The Morgan fingerprint density at radius 3 is 2.40 bits per heavy atom. The summed E-state index contributed by atoms with van der Waals surface area (Å²) in [7, 11) is -3.57. The highest BCUT2D eigenvalue weighted by molar-refractivity contribution is 9.10. The van der Waals surface area contributed by atoms with Crippen LogP contribution in [0.5, 0.6) is 0 Å². The molecule has 2 amide bonds. The van der Waals surface area contributed by atoms with Crippen molar-refractivity contribution in [2.75, 3.05) is 23.7 Å². The first-order chi connectivity index (χ1) is 16.5. The Hall–Kier alpha value is -2.10. The van der Waals surface area contributed by atoms with Crippen molar-refractivity contribution in [2.45, 2.75) is 52.1 Å². The summed E-state index contributed by atoms with van der Waals surface area (Å²) in [6.45, 7) is 4.71. The second kappa shape index (κ2) is 13.8. The van der Waals surface area contributed by atoms with Gasteiger partial charge in [-0.15, -0.1) is 0 Å². The molecule has 2 aromatic rings. The summed E-state index contributed by atoms with van der Waals surface area (Å²) in [4.78, 5) is 27.5. The molecule has 0 fully saturated rings. The number of carbonyl (C=O) groups is 2. The van der Waals surface area contributed by atoms with Crippen LogP contribution in [0.3, 0.4) is 0 Å². The number of halogens is 2. The SMILES string of the molecule is CCCCNC(=O)C(C)N(Cc1ccc(Br)cc1)C(=O)CCCN(c1cccc(Cl)c1)S(C)(=O)=O. The Labute approximate surface area is 222 Å². The van der Waals surface area contributed by atoms with E-state index in [9.17, 15) is 18.0 Å². The molecule has 0 bridgehead atoms. The van der Waals surface area contributed by atoms with Gasteiger partial charge < -0.3 is 10.2 Å². The molecule has 2 aromatic carbocycles. The van der Waals surface area contributed by atoms with Crippen molar-refractivity contribution in [1.29, 1.82) is 0 Å². The lowest BCUT2D eigenvalue weighted by atomic mass is 10.1. The summed E-state index contributed by atoms with van der Waals surface area (Å²) in [5.74, 6) is -0.425. The van der Waals surface area contributed by atoms with Crippen molar-refractivity contribution in [3.05, 3.63) is 63.6 Å². The van der Waals surface area contributed by atoms with Gasteiger partial charge in [-0.3, -0.25) is 13.9 Å². The lowest BCUT2D eigenvalue weighted by Crippen LogP contribution is -2.47. The van der Waals surface area contributed by atoms with Gasteiger partial charge in [0.25, 0.3) is 0 Å². The largest absolute Gasteiger partial charge is 0.354 e. The van der Waals surface area contributed by atoms with Crippen LogP contribution in [0.1, 0.15) is 45.1 Å². The van der Waals surface area contributed by atoms with Gasteiger partial charge in [0.1, 0.15) is 6.04 Å². The number of carbonyl (C=O) groups excluding carboxylic acids is 2. The minimum atomic E-state index is -3.57. The van der Waals surface area contributed by atoms with E-state index in [1.807, 2.05) is 31.2 Å². The van der Waals surface area contributed by atoms with Gasteiger partial charge in [-0.05, 0) is 55.7 Å². The van der Waals surface area contributed by atoms with Crippen LogP contribution in [0.25, 0.3) is 0 Å². The van der Waals surface area contributed by atoms with Crippen molar-refractivity contribution < 1.29 is 18.0 Å². The van der Waals surface area contributed by atoms with Gasteiger partial charge in [-0.25, -0.2) is 8.42 Å². The second-order valence-corrected chi connectivity index (χ2v) is 11.6. The molecule has 192 valence electrons. The highest BCUT2D eigenvalue weighted by Gasteiger charge is 2.26. The van der Waals surface area contributed by atoms with E-state index < -0.39 is 16.1 Å². The lowest BCUT2D eigenvalue weighted by molar-refractivity contribution is -0.140. The molecule has 1 unspecified atom stereocenters. The summed E-state index contributed by atoms with van der Waals surface area (Å²) in [6, 6.07) is 13.5. The second-order valence-electron chi connectivity index (χ2n) is 8.39. The summed E-state index contributed by atoms with van der Waals surface area (Å²) in [6.07, 6.45) is 3.33. The minimum absolute atomic E-state index is 0.0930. The van der Waals surface area contributed by atoms with E-state index in [1.165, 1.54) is 4.31 Å². The number of hydrogen-bond acceptors (Lipinski definition) is 4. The standard InChI is InChI=1S/C25H33BrClN3O4S/c1-4-5-15-28-25(32)19(2)29(18-20-11-13-21(26)14-12-20)24(31)10-7-16-30(35(3,33)34)23-9-6-8-22(27)17-23/h6,8-9,11-14,17,19H,4-5,7,10,15-16,18H2,1-3H3,(H,28,32). The van der Waals surface area contributed by atoms with Crippen molar-refractivity contribution in [3.8, 4) is 0 Å². The quantitative estimate of drug-likeness (QED) is 0.335. The molecule has 1 atom stereocenters. The molecule has 0 radical (unpaired) electrons. The number of benzene rings is 2. The lowest BCUT2D eigenvalue weighted by Gasteiger charge is -2.29. The van der Waals surface area contributed by atoms with Crippen molar-refractivity contribution >= 4 is 55.1 Å². The fourth-order valence-electron chi connectivity index (χ4n) is 3.54. The third-order valence-corrected chi connectivity index (χ3v) is 7.47. The van der Waals surface area contributed by atoms with Gasteiger partial charge in [0.15, 0.2) is 0 Å². The zero-order valence-electron chi connectivity index (χ0n) is 20.3. The van der Waals surface area contributed by atoms with E-state index >= 15 is 0 Å². The monoisotopic (exact) mass is 585 g/mol. The first kappa shape index (κ1) is 29.1. The van der Waals surface area contributed by atoms with Crippen LogP contribution < -0.4 is 9.62 Å².